The molecule has 1 unspecified atom stereocenters. The number of nitriles is 1. The van der Waals surface area contributed by atoms with Crippen molar-refractivity contribution in [1.82, 2.24) is 0 Å². The van der Waals surface area contributed by atoms with Crippen LogP contribution in [0.15, 0.2) is 48.5 Å². The molecular weight excluding hydrogens is 287 g/mol. The van der Waals surface area contributed by atoms with E-state index in [1.165, 1.54) is 6.07 Å². The molecule has 112 valence electrons. The molecule has 2 rings (SSSR count). The largest absolute Gasteiger partial charge is 0.476 e. The van der Waals surface area contributed by atoms with Gasteiger partial charge in [0.25, 0.3) is 5.91 Å². The fraction of sp³-hybridized carbons (Fsp3) is 0.125. The molecule has 5 nitrogen and oxygen atoms in total. The number of hydrogen-bond donors (Lipinski definition) is 2. The average Bonchev–Trinajstić information content (AvgIpc) is 2.55. The second-order valence-corrected chi connectivity index (χ2v) is 4.39. The lowest BCUT2D eigenvalue weighted by atomic mass is 10.1. The average molecular weight is 300 g/mol. The maximum Gasteiger partial charge on any atom is 0.257 e. The fourth-order valence-electron chi connectivity index (χ4n) is 1.82. The Balaban J connectivity index is 2.16. The number of hydrogen-bond acceptors (Lipinski definition) is 4. The van der Waals surface area contributed by atoms with Gasteiger partial charge in [0.05, 0.1) is 5.69 Å². The Morgan fingerprint density at radius 1 is 1.32 bits per heavy atom. The highest BCUT2D eigenvalue weighted by Gasteiger charge is 2.18. The Labute approximate surface area is 126 Å². The van der Waals surface area contributed by atoms with Crippen LogP contribution in [0.3, 0.4) is 0 Å². The van der Waals surface area contributed by atoms with E-state index in [1.54, 1.807) is 36.4 Å². The molecule has 0 bridgehead atoms. The number of carbonyl (C=O) groups is 1. The number of anilines is 1. The van der Waals surface area contributed by atoms with Crippen LogP contribution in [0.25, 0.3) is 0 Å². The highest BCUT2D eigenvalue weighted by atomic mass is 19.1. The van der Waals surface area contributed by atoms with Crippen LogP contribution in [0, 0.1) is 17.1 Å². The van der Waals surface area contributed by atoms with E-state index < -0.39 is 17.8 Å². The number of aliphatic hydroxyl groups excluding tert-OH is 1. The predicted octanol–water partition coefficient (Wildman–Crippen LogP) is 2.40. The van der Waals surface area contributed by atoms with Gasteiger partial charge in [-0.1, -0.05) is 30.3 Å². The number of amides is 1. The maximum absolute atomic E-state index is 13.2. The first-order chi connectivity index (χ1) is 10.6. The molecular formula is C16H13FN2O3. The Morgan fingerprint density at radius 3 is 2.73 bits per heavy atom. The van der Waals surface area contributed by atoms with Gasteiger partial charge in [-0.25, -0.2) is 4.39 Å². The summed E-state index contributed by atoms with van der Waals surface area (Å²) in [5, 5.41) is 21.0. The summed E-state index contributed by atoms with van der Waals surface area (Å²) in [5.41, 5.74) is 0.609. The molecule has 2 aromatic rings. The molecule has 0 aliphatic heterocycles. The number of halogens is 1. The third-order valence-electron chi connectivity index (χ3n) is 2.86. The van der Waals surface area contributed by atoms with Crippen molar-refractivity contribution >= 4 is 11.6 Å². The number of aliphatic hydroxyl groups is 1. The highest BCUT2D eigenvalue weighted by molar-refractivity contribution is 5.95. The molecule has 22 heavy (non-hydrogen) atoms. The minimum Gasteiger partial charge on any atom is -0.476 e. The lowest BCUT2D eigenvalue weighted by molar-refractivity contribution is -0.124. The van der Waals surface area contributed by atoms with E-state index in [-0.39, 0.29) is 18.0 Å². The maximum atomic E-state index is 13.2. The summed E-state index contributed by atoms with van der Waals surface area (Å²) < 4.78 is 18.3. The van der Waals surface area contributed by atoms with Gasteiger partial charge in [0.2, 0.25) is 0 Å². The van der Waals surface area contributed by atoms with Crippen LogP contribution >= 0.6 is 0 Å². The second-order valence-electron chi connectivity index (χ2n) is 4.39. The first-order valence-corrected chi connectivity index (χ1v) is 6.45. The van der Waals surface area contributed by atoms with Gasteiger partial charge in [-0.3, -0.25) is 4.79 Å². The van der Waals surface area contributed by atoms with Crippen LogP contribution in [0.1, 0.15) is 11.7 Å². The third-order valence-corrected chi connectivity index (χ3v) is 2.86. The summed E-state index contributed by atoms with van der Waals surface area (Å²) >= 11 is 0. The number of ether oxygens (including phenoxy) is 1. The SMILES string of the molecule is N#CCOc1cc(F)ccc1NC(=O)C(O)c1ccccc1. The number of nitrogens with zero attached hydrogens (tertiary/aromatic N) is 1. The first-order valence-electron chi connectivity index (χ1n) is 6.45. The van der Waals surface area contributed by atoms with Gasteiger partial charge >= 0.3 is 0 Å². The molecule has 1 atom stereocenters. The van der Waals surface area contributed by atoms with Crippen molar-refractivity contribution in [2.75, 3.05) is 11.9 Å². The van der Waals surface area contributed by atoms with Crippen molar-refractivity contribution in [2.45, 2.75) is 6.10 Å². The van der Waals surface area contributed by atoms with Crippen LogP contribution in [-0.2, 0) is 4.79 Å². The molecule has 0 spiro atoms. The topological polar surface area (TPSA) is 82.3 Å². The van der Waals surface area contributed by atoms with Gasteiger partial charge in [-0.15, -0.1) is 0 Å². The Hall–Kier alpha value is -2.91. The quantitative estimate of drug-likeness (QED) is 0.888. The smallest absolute Gasteiger partial charge is 0.257 e. The summed E-state index contributed by atoms with van der Waals surface area (Å²) in [5.74, 6) is -1.22. The van der Waals surface area contributed by atoms with Gasteiger partial charge < -0.3 is 15.2 Å². The number of nitrogens with one attached hydrogen (secondary N) is 1. The molecule has 2 N–H and O–H groups in total. The summed E-state index contributed by atoms with van der Waals surface area (Å²) in [7, 11) is 0. The first kappa shape index (κ1) is 15.5. The van der Waals surface area contributed by atoms with Crippen LogP contribution in [0.4, 0.5) is 10.1 Å². The molecule has 0 aliphatic carbocycles. The summed E-state index contributed by atoms with van der Waals surface area (Å²) in [6.07, 6.45) is -1.37. The Bertz CT molecular complexity index is 698. The zero-order valence-corrected chi connectivity index (χ0v) is 11.5. The van der Waals surface area contributed by atoms with Crippen molar-refractivity contribution in [3.8, 4) is 11.8 Å². The molecule has 0 aliphatic rings. The summed E-state index contributed by atoms with van der Waals surface area (Å²) in [6, 6.07) is 13.7. The molecule has 2 aromatic carbocycles. The van der Waals surface area contributed by atoms with Crippen molar-refractivity contribution in [3.63, 3.8) is 0 Å². The van der Waals surface area contributed by atoms with Crippen LogP contribution in [0.5, 0.6) is 5.75 Å². The number of benzene rings is 2. The van der Waals surface area contributed by atoms with E-state index in [4.69, 9.17) is 10.00 Å². The summed E-state index contributed by atoms with van der Waals surface area (Å²) in [4.78, 5) is 12.0. The normalized spacial score (nSPS) is 11.3. The van der Waals surface area contributed by atoms with Gasteiger partial charge in [-0.2, -0.15) is 5.26 Å². The van der Waals surface area contributed by atoms with Crippen LogP contribution in [-0.4, -0.2) is 17.6 Å². The monoisotopic (exact) mass is 300 g/mol. The minimum absolute atomic E-state index is 0.0233. The second kappa shape index (κ2) is 7.20. The lowest BCUT2D eigenvalue weighted by Crippen LogP contribution is -2.21. The van der Waals surface area contributed by atoms with Crippen LogP contribution in [0.2, 0.25) is 0 Å². The van der Waals surface area contributed by atoms with E-state index in [0.717, 1.165) is 12.1 Å². The van der Waals surface area contributed by atoms with Crippen LogP contribution < -0.4 is 10.1 Å². The summed E-state index contributed by atoms with van der Waals surface area (Å²) in [6.45, 7) is -0.284. The van der Waals surface area contributed by atoms with Crippen molar-refractivity contribution < 1.29 is 19.0 Å². The van der Waals surface area contributed by atoms with Gasteiger partial charge in [0.1, 0.15) is 17.6 Å². The van der Waals surface area contributed by atoms with Gasteiger partial charge in [-0.05, 0) is 17.7 Å². The molecule has 1 amide bonds. The highest BCUT2D eigenvalue weighted by Crippen LogP contribution is 2.26. The van der Waals surface area contributed by atoms with Crippen molar-refractivity contribution in [2.24, 2.45) is 0 Å². The number of carbonyl (C=O) groups excluding carboxylic acids is 1. The molecule has 0 heterocycles. The van der Waals surface area contributed by atoms with E-state index in [0.29, 0.717) is 5.56 Å². The lowest BCUT2D eigenvalue weighted by Gasteiger charge is -2.14. The van der Waals surface area contributed by atoms with Gasteiger partial charge in [0, 0.05) is 6.07 Å². The van der Waals surface area contributed by atoms with E-state index in [1.807, 2.05) is 0 Å². The standard InChI is InChI=1S/C16H13FN2O3/c17-12-6-7-13(14(10-12)22-9-8-18)19-16(21)15(20)11-4-2-1-3-5-11/h1-7,10,15,20H,9H2,(H,19,21). The van der Waals surface area contributed by atoms with Crippen molar-refractivity contribution in [3.05, 3.63) is 59.9 Å². The molecule has 0 saturated carbocycles. The van der Waals surface area contributed by atoms with Crippen molar-refractivity contribution in [1.29, 1.82) is 5.26 Å². The zero-order chi connectivity index (χ0) is 15.9. The Morgan fingerprint density at radius 2 is 2.05 bits per heavy atom. The molecule has 0 aromatic heterocycles. The molecule has 0 saturated heterocycles. The van der Waals surface area contributed by atoms with E-state index in [2.05, 4.69) is 5.32 Å². The minimum atomic E-state index is -1.37. The zero-order valence-electron chi connectivity index (χ0n) is 11.5. The predicted molar refractivity (Wildman–Crippen MR) is 77.5 cm³/mol. The Kier molecular flexibility index (Phi) is 5.07. The molecule has 0 fully saturated rings. The van der Waals surface area contributed by atoms with E-state index >= 15 is 0 Å². The van der Waals surface area contributed by atoms with Gasteiger partial charge in [0.15, 0.2) is 12.7 Å². The number of rotatable bonds is 5. The van der Waals surface area contributed by atoms with E-state index in [9.17, 15) is 14.3 Å². The molecule has 6 heteroatoms. The fourth-order valence-corrected chi connectivity index (χ4v) is 1.82. The third kappa shape index (κ3) is 3.81. The molecule has 0 radical (unpaired) electrons.